The van der Waals surface area contributed by atoms with E-state index in [9.17, 15) is 0 Å². The number of hydrogen-bond donors (Lipinski definition) is 0. The molecule has 0 aliphatic heterocycles. The van der Waals surface area contributed by atoms with Crippen molar-refractivity contribution in [3.05, 3.63) is 12.2 Å². The molecule has 0 heteroatoms. The van der Waals surface area contributed by atoms with Gasteiger partial charge in [-0.05, 0) is 49.4 Å². The van der Waals surface area contributed by atoms with Gasteiger partial charge in [-0.2, -0.15) is 0 Å². The van der Waals surface area contributed by atoms with Gasteiger partial charge in [0.15, 0.2) is 0 Å². The van der Waals surface area contributed by atoms with Crippen molar-refractivity contribution in [2.24, 2.45) is 23.7 Å². The molecule has 0 aromatic carbocycles. The fourth-order valence-electron chi connectivity index (χ4n) is 5.41. The highest BCUT2D eigenvalue weighted by Gasteiger charge is 2.34. The predicted molar refractivity (Wildman–Crippen MR) is 124 cm³/mol. The molecule has 1 aliphatic carbocycles. The first-order valence-electron chi connectivity index (χ1n) is 13.0. The largest absolute Gasteiger partial charge is 0.0849 e. The maximum Gasteiger partial charge on any atom is -0.0202 e. The minimum atomic E-state index is 0.860. The average Bonchev–Trinajstić information content (AvgIpc) is 2.69. The molecule has 0 radical (unpaired) electrons. The number of allylic oxidation sites excluding steroid dienone is 2. The van der Waals surface area contributed by atoms with E-state index < -0.39 is 0 Å². The quantitative estimate of drug-likeness (QED) is 0.175. The highest BCUT2D eigenvalue weighted by atomic mass is 14.4. The van der Waals surface area contributed by atoms with E-state index >= 15 is 0 Å². The average molecular weight is 377 g/mol. The van der Waals surface area contributed by atoms with Crippen LogP contribution in [0.25, 0.3) is 0 Å². The van der Waals surface area contributed by atoms with Gasteiger partial charge in [-0.25, -0.2) is 0 Å². The Bertz CT molecular complexity index is 342. The summed E-state index contributed by atoms with van der Waals surface area (Å²) >= 11 is 0. The Morgan fingerprint density at radius 1 is 0.444 bits per heavy atom. The molecule has 4 atom stereocenters. The molecule has 0 nitrogen and oxygen atoms in total. The SMILES string of the molecule is CCCCCCCCCC1C(CCCCC)C=CC(CC)C1CCCCC. The molecule has 0 aromatic heterocycles. The third kappa shape index (κ3) is 10.2. The van der Waals surface area contributed by atoms with Crippen LogP contribution in [-0.4, -0.2) is 0 Å². The van der Waals surface area contributed by atoms with Crippen molar-refractivity contribution in [2.45, 2.75) is 137 Å². The van der Waals surface area contributed by atoms with Gasteiger partial charge < -0.3 is 0 Å². The van der Waals surface area contributed by atoms with Crippen LogP contribution in [0.15, 0.2) is 12.2 Å². The highest BCUT2D eigenvalue weighted by Crippen LogP contribution is 2.43. The van der Waals surface area contributed by atoms with Gasteiger partial charge in [0.05, 0.1) is 0 Å². The highest BCUT2D eigenvalue weighted by molar-refractivity contribution is 5.04. The second-order valence-electron chi connectivity index (χ2n) is 9.35. The van der Waals surface area contributed by atoms with Crippen LogP contribution in [-0.2, 0) is 0 Å². The molecule has 0 aromatic rings. The van der Waals surface area contributed by atoms with Gasteiger partial charge in [-0.1, -0.05) is 123 Å². The summed E-state index contributed by atoms with van der Waals surface area (Å²) in [4.78, 5) is 0. The van der Waals surface area contributed by atoms with Crippen LogP contribution >= 0.6 is 0 Å². The summed E-state index contributed by atoms with van der Waals surface area (Å²) in [5.74, 6) is 3.69. The summed E-state index contributed by atoms with van der Waals surface area (Å²) in [5.41, 5.74) is 0. The lowest BCUT2D eigenvalue weighted by atomic mass is 9.65. The molecule has 4 unspecified atom stereocenters. The van der Waals surface area contributed by atoms with Crippen molar-refractivity contribution < 1.29 is 0 Å². The molecule has 0 bridgehead atoms. The standard InChI is InChI=1S/C27H52/c1-5-9-12-13-14-15-18-21-27-25(19-16-10-6-2)23-22-24(8-4)26(27)20-17-11-7-3/h22-27H,5-21H2,1-4H3. The van der Waals surface area contributed by atoms with Crippen LogP contribution in [0.1, 0.15) is 137 Å². The Labute approximate surface area is 173 Å². The van der Waals surface area contributed by atoms with Gasteiger partial charge in [-0.3, -0.25) is 0 Å². The van der Waals surface area contributed by atoms with Gasteiger partial charge >= 0.3 is 0 Å². The first kappa shape index (κ1) is 24.8. The van der Waals surface area contributed by atoms with Crippen molar-refractivity contribution in [2.75, 3.05) is 0 Å². The maximum atomic E-state index is 2.66. The first-order chi connectivity index (χ1) is 13.3. The number of hydrogen-bond acceptors (Lipinski definition) is 0. The summed E-state index contributed by atoms with van der Waals surface area (Å²) in [6, 6.07) is 0. The third-order valence-electron chi connectivity index (χ3n) is 7.15. The lowest BCUT2D eigenvalue weighted by molar-refractivity contribution is 0.150. The van der Waals surface area contributed by atoms with E-state index in [4.69, 9.17) is 0 Å². The molecule has 160 valence electrons. The van der Waals surface area contributed by atoms with Crippen molar-refractivity contribution in [1.29, 1.82) is 0 Å². The lowest BCUT2D eigenvalue weighted by Crippen LogP contribution is -2.31. The van der Waals surface area contributed by atoms with E-state index in [-0.39, 0.29) is 0 Å². The van der Waals surface area contributed by atoms with Crippen LogP contribution in [0.3, 0.4) is 0 Å². The van der Waals surface area contributed by atoms with E-state index in [1.54, 1.807) is 0 Å². The molecule has 0 saturated heterocycles. The minimum absolute atomic E-state index is 0.860. The van der Waals surface area contributed by atoms with Gasteiger partial charge in [0, 0.05) is 0 Å². The molecular weight excluding hydrogens is 324 g/mol. The van der Waals surface area contributed by atoms with Crippen LogP contribution in [0.5, 0.6) is 0 Å². The van der Waals surface area contributed by atoms with E-state index in [1.807, 2.05) is 0 Å². The summed E-state index contributed by atoms with van der Waals surface area (Å²) in [6.45, 7) is 9.43. The molecular formula is C27H52. The Kier molecular flexibility index (Phi) is 15.3. The van der Waals surface area contributed by atoms with Crippen molar-refractivity contribution in [3.63, 3.8) is 0 Å². The first-order valence-corrected chi connectivity index (χ1v) is 13.0. The zero-order valence-corrected chi connectivity index (χ0v) is 19.5. The molecule has 0 amide bonds. The van der Waals surface area contributed by atoms with E-state index in [0.29, 0.717) is 0 Å². The van der Waals surface area contributed by atoms with Crippen molar-refractivity contribution in [1.82, 2.24) is 0 Å². The summed E-state index contributed by atoms with van der Waals surface area (Å²) in [6.07, 6.45) is 29.7. The van der Waals surface area contributed by atoms with E-state index in [0.717, 1.165) is 23.7 Å². The molecule has 0 spiro atoms. The second-order valence-corrected chi connectivity index (χ2v) is 9.35. The van der Waals surface area contributed by atoms with Crippen LogP contribution in [0.2, 0.25) is 0 Å². The monoisotopic (exact) mass is 376 g/mol. The Hall–Kier alpha value is -0.260. The third-order valence-corrected chi connectivity index (χ3v) is 7.15. The van der Waals surface area contributed by atoms with Crippen LogP contribution in [0.4, 0.5) is 0 Å². The second kappa shape index (κ2) is 16.7. The van der Waals surface area contributed by atoms with Crippen molar-refractivity contribution >= 4 is 0 Å². The smallest absolute Gasteiger partial charge is 0.0202 e. The molecule has 1 rings (SSSR count). The van der Waals surface area contributed by atoms with Gasteiger partial charge in [0.2, 0.25) is 0 Å². The van der Waals surface area contributed by atoms with Crippen molar-refractivity contribution in [3.8, 4) is 0 Å². The molecule has 0 fully saturated rings. The van der Waals surface area contributed by atoms with Gasteiger partial charge in [0.25, 0.3) is 0 Å². The molecule has 0 saturated carbocycles. The minimum Gasteiger partial charge on any atom is -0.0849 e. The Morgan fingerprint density at radius 2 is 0.852 bits per heavy atom. The number of unbranched alkanes of at least 4 members (excludes halogenated alkanes) is 10. The van der Waals surface area contributed by atoms with Gasteiger partial charge in [0.1, 0.15) is 0 Å². The summed E-state index contributed by atoms with van der Waals surface area (Å²) in [7, 11) is 0. The van der Waals surface area contributed by atoms with Crippen LogP contribution in [0, 0.1) is 23.7 Å². The van der Waals surface area contributed by atoms with Crippen LogP contribution < -0.4 is 0 Å². The molecule has 1 aliphatic rings. The van der Waals surface area contributed by atoms with Gasteiger partial charge in [-0.15, -0.1) is 0 Å². The lowest BCUT2D eigenvalue weighted by Gasteiger charge is -2.40. The maximum absolute atomic E-state index is 2.66. The van der Waals surface area contributed by atoms with E-state index in [1.165, 1.54) is 109 Å². The Morgan fingerprint density at radius 3 is 1.44 bits per heavy atom. The predicted octanol–water partition coefficient (Wildman–Crippen LogP) is 9.73. The summed E-state index contributed by atoms with van der Waals surface area (Å²) in [5, 5.41) is 0. The zero-order chi connectivity index (χ0) is 19.7. The normalized spacial score (nSPS) is 25.2. The summed E-state index contributed by atoms with van der Waals surface area (Å²) < 4.78 is 0. The number of rotatable bonds is 17. The van der Waals surface area contributed by atoms with E-state index in [2.05, 4.69) is 39.8 Å². The zero-order valence-electron chi connectivity index (χ0n) is 19.5. The molecule has 0 heterocycles. The fraction of sp³-hybridized carbons (Fsp3) is 0.926. The Balaban J connectivity index is 2.59. The fourth-order valence-corrected chi connectivity index (χ4v) is 5.41. The molecule has 27 heavy (non-hydrogen) atoms. The topological polar surface area (TPSA) is 0 Å². The molecule has 0 N–H and O–H groups in total.